The van der Waals surface area contributed by atoms with Crippen LogP contribution in [0.2, 0.25) is 0 Å². The Balaban J connectivity index is 1.88. The number of thiazole rings is 1. The van der Waals surface area contributed by atoms with E-state index < -0.39 is 0 Å². The minimum absolute atomic E-state index is 0.645. The van der Waals surface area contributed by atoms with Crippen molar-refractivity contribution in [2.75, 3.05) is 12.4 Å². The molecule has 3 rings (SSSR count). The summed E-state index contributed by atoms with van der Waals surface area (Å²) in [6, 6.07) is 8.62. The second kappa shape index (κ2) is 4.37. The normalized spacial score (nSPS) is 14.6. The van der Waals surface area contributed by atoms with Crippen molar-refractivity contribution in [3.63, 3.8) is 0 Å². The number of benzene rings is 1. The Bertz CT molecular complexity index is 520. The Labute approximate surface area is 104 Å². The third-order valence-electron chi connectivity index (χ3n) is 2.79. The summed E-state index contributed by atoms with van der Waals surface area (Å²) in [5.74, 6) is 0.871. The Kier molecular flexibility index (Phi) is 2.73. The molecular weight excluding hydrogens is 232 g/mol. The van der Waals surface area contributed by atoms with Gasteiger partial charge in [0.15, 0.2) is 5.13 Å². The van der Waals surface area contributed by atoms with Crippen LogP contribution in [0.4, 0.5) is 5.13 Å². The quantitative estimate of drug-likeness (QED) is 0.897. The van der Waals surface area contributed by atoms with Gasteiger partial charge in [-0.1, -0.05) is 12.1 Å². The molecule has 0 radical (unpaired) electrons. The molecule has 3 nitrogen and oxygen atoms in total. The van der Waals surface area contributed by atoms with Gasteiger partial charge in [0.05, 0.1) is 12.8 Å². The average molecular weight is 246 g/mol. The van der Waals surface area contributed by atoms with Crippen molar-refractivity contribution in [3.8, 4) is 17.0 Å². The van der Waals surface area contributed by atoms with Gasteiger partial charge in [0.2, 0.25) is 0 Å². The highest BCUT2D eigenvalue weighted by atomic mass is 32.1. The number of aromatic nitrogens is 1. The molecule has 88 valence electrons. The fraction of sp³-hybridized carbons (Fsp3) is 0.308. The van der Waals surface area contributed by atoms with Crippen molar-refractivity contribution >= 4 is 16.5 Å². The van der Waals surface area contributed by atoms with Gasteiger partial charge in [-0.15, -0.1) is 11.3 Å². The molecule has 1 aliphatic carbocycles. The van der Waals surface area contributed by atoms with Crippen molar-refractivity contribution < 1.29 is 4.74 Å². The first-order valence-corrected chi connectivity index (χ1v) is 6.60. The monoisotopic (exact) mass is 246 g/mol. The number of nitrogens with zero attached hydrogens (tertiary/aromatic N) is 1. The molecule has 1 aromatic heterocycles. The van der Waals surface area contributed by atoms with Crippen LogP contribution in [0.15, 0.2) is 29.6 Å². The third kappa shape index (κ3) is 2.26. The number of rotatable bonds is 4. The van der Waals surface area contributed by atoms with E-state index in [1.807, 2.05) is 24.3 Å². The maximum Gasteiger partial charge on any atom is 0.183 e. The number of para-hydroxylation sites is 1. The fourth-order valence-electron chi connectivity index (χ4n) is 1.72. The molecular formula is C13H14N2OS. The first kappa shape index (κ1) is 10.6. The molecule has 0 saturated heterocycles. The maximum atomic E-state index is 5.35. The van der Waals surface area contributed by atoms with Crippen molar-refractivity contribution in [1.82, 2.24) is 4.98 Å². The van der Waals surface area contributed by atoms with Gasteiger partial charge in [-0.05, 0) is 25.0 Å². The summed E-state index contributed by atoms with van der Waals surface area (Å²) in [6.45, 7) is 0. The van der Waals surface area contributed by atoms with Crippen LogP contribution in [0.3, 0.4) is 0 Å². The first-order chi connectivity index (χ1) is 8.36. The lowest BCUT2D eigenvalue weighted by molar-refractivity contribution is 0.416. The highest BCUT2D eigenvalue weighted by Crippen LogP contribution is 2.33. The van der Waals surface area contributed by atoms with E-state index in [2.05, 4.69) is 15.7 Å². The van der Waals surface area contributed by atoms with E-state index in [0.717, 1.165) is 22.1 Å². The van der Waals surface area contributed by atoms with Gasteiger partial charge < -0.3 is 10.1 Å². The van der Waals surface area contributed by atoms with E-state index >= 15 is 0 Å². The van der Waals surface area contributed by atoms with E-state index in [1.165, 1.54) is 12.8 Å². The second-order valence-corrected chi connectivity index (χ2v) is 5.01. The number of methoxy groups -OCH3 is 1. The van der Waals surface area contributed by atoms with E-state index in [4.69, 9.17) is 4.74 Å². The Morgan fingerprint density at radius 2 is 2.18 bits per heavy atom. The smallest absolute Gasteiger partial charge is 0.183 e. The summed E-state index contributed by atoms with van der Waals surface area (Å²) in [5.41, 5.74) is 2.03. The van der Waals surface area contributed by atoms with Gasteiger partial charge in [0.25, 0.3) is 0 Å². The van der Waals surface area contributed by atoms with Crippen molar-refractivity contribution in [3.05, 3.63) is 29.6 Å². The van der Waals surface area contributed by atoms with Gasteiger partial charge in [-0.3, -0.25) is 0 Å². The number of hydrogen-bond acceptors (Lipinski definition) is 4. The molecule has 4 heteroatoms. The summed E-state index contributed by atoms with van der Waals surface area (Å²) < 4.78 is 5.35. The molecule has 1 saturated carbocycles. The minimum atomic E-state index is 0.645. The Hall–Kier alpha value is -1.55. The fourth-order valence-corrected chi connectivity index (χ4v) is 2.51. The van der Waals surface area contributed by atoms with Crippen LogP contribution in [0.25, 0.3) is 11.3 Å². The summed E-state index contributed by atoms with van der Waals surface area (Å²) in [4.78, 5) is 4.60. The van der Waals surface area contributed by atoms with Gasteiger partial charge in [-0.2, -0.15) is 0 Å². The zero-order valence-electron chi connectivity index (χ0n) is 9.64. The van der Waals surface area contributed by atoms with Gasteiger partial charge in [0, 0.05) is 17.0 Å². The molecule has 1 aromatic carbocycles. The number of hydrogen-bond donors (Lipinski definition) is 1. The number of nitrogens with one attached hydrogen (secondary N) is 1. The molecule has 2 aromatic rings. The highest BCUT2D eigenvalue weighted by molar-refractivity contribution is 7.14. The Morgan fingerprint density at radius 1 is 1.35 bits per heavy atom. The van der Waals surface area contributed by atoms with Gasteiger partial charge >= 0.3 is 0 Å². The molecule has 0 bridgehead atoms. The van der Waals surface area contributed by atoms with Crippen LogP contribution in [0.1, 0.15) is 12.8 Å². The van der Waals surface area contributed by atoms with Crippen LogP contribution in [0.5, 0.6) is 5.75 Å². The standard InChI is InChI=1S/C13H14N2OS/c1-16-12-5-3-2-4-10(12)11-8-17-13(15-11)14-9-6-7-9/h2-5,8-9H,6-7H2,1H3,(H,14,15). The Morgan fingerprint density at radius 3 is 2.94 bits per heavy atom. The zero-order chi connectivity index (χ0) is 11.7. The van der Waals surface area contributed by atoms with Gasteiger partial charge in [0.1, 0.15) is 5.75 Å². The van der Waals surface area contributed by atoms with E-state index in [9.17, 15) is 0 Å². The van der Waals surface area contributed by atoms with Crippen LogP contribution >= 0.6 is 11.3 Å². The average Bonchev–Trinajstić information content (AvgIpc) is 3.05. The topological polar surface area (TPSA) is 34.1 Å². The number of anilines is 1. The molecule has 0 spiro atoms. The number of ether oxygens (including phenoxy) is 1. The van der Waals surface area contributed by atoms with Crippen LogP contribution < -0.4 is 10.1 Å². The maximum absolute atomic E-state index is 5.35. The predicted molar refractivity (Wildman–Crippen MR) is 70.7 cm³/mol. The van der Waals surface area contributed by atoms with Crippen LogP contribution in [-0.4, -0.2) is 18.1 Å². The highest BCUT2D eigenvalue weighted by Gasteiger charge is 2.22. The molecule has 0 amide bonds. The molecule has 1 fully saturated rings. The molecule has 0 unspecified atom stereocenters. The molecule has 1 N–H and O–H groups in total. The summed E-state index contributed by atoms with van der Waals surface area (Å²) in [6.07, 6.45) is 2.53. The van der Waals surface area contributed by atoms with Crippen molar-refractivity contribution in [2.24, 2.45) is 0 Å². The van der Waals surface area contributed by atoms with Crippen LogP contribution in [-0.2, 0) is 0 Å². The van der Waals surface area contributed by atoms with Crippen molar-refractivity contribution in [2.45, 2.75) is 18.9 Å². The molecule has 0 aliphatic heterocycles. The summed E-state index contributed by atoms with van der Waals surface area (Å²) in [5, 5.41) is 6.49. The van der Waals surface area contributed by atoms with Crippen molar-refractivity contribution in [1.29, 1.82) is 0 Å². The van der Waals surface area contributed by atoms with Crippen LogP contribution in [0, 0.1) is 0 Å². The first-order valence-electron chi connectivity index (χ1n) is 5.72. The lowest BCUT2D eigenvalue weighted by Crippen LogP contribution is -1.99. The van der Waals surface area contributed by atoms with E-state index in [0.29, 0.717) is 6.04 Å². The van der Waals surface area contributed by atoms with E-state index in [1.54, 1.807) is 18.4 Å². The molecule has 1 aliphatic rings. The largest absolute Gasteiger partial charge is 0.496 e. The third-order valence-corrected chi connectivity index (χ3v) is 3.57. The molecule has 1 heterocycles. The summed E-state index contributed by atoms with van der Waals surface area (Å²) >= 11 is 1.65. The van der Waals surface area contributed by atoms with Gasteiger partial charge in [-0.25, -0.2) is 4.98 Å². The molecule has 0 atom stereocenters. The lowest BCUT2D eigenvalue weighted by Gasteiger charge is -2.04. The second-order valence-electron chi connectivity index (χ2n) is 4.16. The summed E-state index contributed by atoms with van der Waals surface area (Å²) in [7, 11) is 1.69. The lowest BCUT2D eigenvalue weighted by atomic mass is 10.1. The zero-order valence-corrected chi connectivity index (χ0v) is 10.5. The van der Waals surface area contributed by atoms with E-state index in [-0.39, 0.29) is 0 Å². The minimum Gasteiger partial charge on any atom is -0.496 e. The molecule has 17 heavy (non-hydrogen) atoms. The predicted octanol–water partition coefficient (Wildman–Crippen LogP) is 3.39. The SMILES string of the molecule is COc1ccccc1-c1csc(NC2CC2)n1.